The number of piperidine rings is 1. The van der Waals surface area contributed by atoms with Crippen LogP contribution in [0.15, 0.2) is 12.1 Å². The molecule has 0 bridgehead atoms. The number of benzene rings is 1. The maximum Gasteiger partial charge on any atom is 0.317 e. The molecule has 2 rings (SSSR count). The van der Waals surface area contributed by atoms with E-state index in [1.807, 2.05) is 4.90 Å². The fraction of sp³-hybridized carbons (Fsp3) is 0.529. The first kappa shape index (κ1) is 19.3. The lowest BCUT2D eigenvalue weighted by atomic mass is 9.93. The number of rotatable bonds is 7. The van der Waals surface area contributed by atoms with Gasteiger partial charge in [0.2, 0.25) is 0 Å². The summed E-state index contributed by atoms with van der Waals surface area (Å²) in [6.07, 6.45) is 2.75. The molecule has 1 aliphatic rings. The summed E-state index contributed by atoms with van der Waals surface area (Å²) >= 11 is 5.99. The van der Waals surface area contributed by atoms with Crippen LogP contribution in [-0.2, 0) is 4.79 Å². The highest BCUT2D eigenvalue weighted by atomic mass is 35.5. The molecule has 0 aromatic heterocycles. The molecule has 1 fully saturated rings. The summed E-state index contributed by atoms with van der Waals surface area (Å²) in [4.78, 5) is 25.0. The fourth-order valence-electron chi connectivity index (χ4n) is 3.03. The lowest BCUT2D eigenvalue weighted by molar-refractivity contribution is -0.138. The van der Waals surface area contributed by atoms with Crippen molar-refractivity contribution in [1.82, 2.24) is 10.2 Å². The summed E-state index contributed by atoms with van der Waals surface area (Å²) in [5.74, 6) is -0.160. The van der Waals surface area contributed by atoms with Crippen molar-refractivity contribution in [3.05, 3.63) is 22.7 Å². The number of carboxylic acid groups (broad SMARTS) is 1. The molecule has 138 valence electrons. The minimum absolute atomic E-state index is 0.0984. The average Bonchev–Trinajstić information content (AvgIpc) is 2.57. The second kappa shape index (κ2) is 8.92. The van der Waals surface area contributed by atoms with E-state index in [0.717, 1.165) is 32.4 Å². The first-order chi connectivity index (χ1) is 11.9. The molecule has 1 heterocycles. The number of hydrogen-bond acceptors (Lipinski definition) is 5. The summed E-state index contributed by atoms with van der Waals surface area (Å²) < 4.78 is 5.19. The van der Waals surface area contributed by atoms with Crippen LogP contribution in [0.1, 0.15) is 29.6 Å². The Morgan fingerprint density at radius 2 is 2.08 bits per heavy atom. The topological polar surface area (TPSA) is 105 Å². The number of halogens is 1. The van der Waals surface area contributed by atoms with Gasteiger partial charge < -0.3 is 20.9 Å². The van der Waals surface area contributed by atoms with Crippen LogP contribution < -0.4 is 15.8 Å². The third-order valence-corrected chi connectivity index (χ3v) is 4.79. The van der Waals surface area contributed by atoms with E-state index in [1.54, 1.807) is 0 Å². The summed E-state index contributed by atoms with van der Waals surface area (Å²) in [5, 5.41) is 12.0. The Morgan fingerprint density at radius 3 is 2.68 bits per heavy atom. The third-order valence-electron chi connectivity index (χ3n) is 4.47. The molecule has 1 aliphatic heterocycles. The van der Waals surface area contributed by atoms with Crippen LogP contribution in [0.2, 0.25) is 5.02 Å². The number of nitrogen functional groups attached to an aromatic ring is 1. The molecule has 8 heteroatoms. The standard InChI is InChI=1S/C17H24ClN3O4/c1-25-15-9-14(19)13(18)8-12(15)17(24)20-5-2-11-3-6-21(7-4-11)10-16(22)23/h8-9,11H,2-7,10,19H2,1H3,(H,20,24)(H,22,23). The van der Waals surface area contributed by atoms with E-state index < -0.39 is 5.97 Å². The van der Waals surface area contributed by atoms with Gasteiger partial charge in [0, 0.05) is 12.6 Å². The minimum Gasteiger partial charge on any atom is -0.496 e. The van der Waals surface area contributed by atoms with Gasteiger partial charge in [-0.05, 0) is 44.3 Å². The van der Waals surface area contributed by atoms with Crippen LogP contribution in [0.25, 0.3) is 0 Å². The Hall–Kier alpha value is -1.99. The van der Waals surface area contributed by atoms with Crippen LogP contribution >= 0.6 is 11.6 Å². The van der Waals surface area contributed by atoms with Gasteiger partial charge >= 0.3 is 5.97 Å². The molecule has 4 N–H and O–H groups in total. The van der Waals surface area contributed by atoms with Crippen LogP contribution in [0.4, 0.5) is 5.69 Å². The van der Waals surface area contributed by atoms with Crippen LogP contribution in [-0.4, -0.2) is 55.2 Å². The van der Waals surface area contributed by atoms with Crippen LogP contribution in [0, 0.1) is 5.92 Å². The summed E-state index contributed by atoms with van der Waals surface area (Å²) in [7, 11) is 1.48. The predicted molar refractivity (Wildman–Crippen MR) is 96.2 cm³/mol. The monoisotopic (exact) mass is 369 g/mol. The van der Waals surface area contributed by atoms with Gasteiger partial charge in [-0.1, -0.05) is 11.6 Å². The highest BCUT2D eigenvalue weighted by Gasteiger charge is 2.21. The number of methoxy groups -OCH3 is 1. The zero-order chi connectivity index (χ0) is 18.4. The van der Waals surface area contributed by atoms with Crippen molar-refractivity contribution < 1.29 is 19.4 Å². The smallest absolute Gasteiger partial charge is 0.317 e. The number of nitrogens with two attached hydrogens (primary N) is 1. The molecule has 25 heavy (non-hydrogen) atoms. The Balaban J connectivity index is 1.80. The Labute approximate surface area is 152 Å². The number of carboxylic acids is 1. The molecule has 7 nitrogen and oxygen atoms in total. The van der Waals surface area contributed by atoms with Gasteiger partial charge in [0.1, 0.15) is 5.75 Å². The van der Waals surface area contributed by atoms with Crippen molar-refractivity contribution in [1.29, 1.82) is 0 Å². The zero-order valence-corrected chi connectivity index (χ0v) is 15.0. The number of ether oxygens (including phenoxy) is 1. The SMILES string of the molecule is COc1cc(N)c(Cl)cc1C(=O)NCCC1CCN(CC(=O)O)CC1. The van der Waals surface area contributed by atoms with E-state index in [-0.39, 0.29) is 12.5 Å². The third kappa shape index (κ3) is 5.51. The van der Waals surface area contributed by atoms with Crippen molar-refractivity contribution in [2.24, 2.45) is 5.92 Å². The molecule has 1 aromatic rings. The van der Waals surface area contributed by atoms with Crippen molar-refractivity contribution in [3.8, 4) is 5.75 Å². The van der Waals surface area contributed by atoms with E-state index in [1.165, 1.54) is 19.2 Å². The molecule has 0 spiro atoms. The highest BCUT2D eigenvalue weighted by molar-refractivity contribution is 6.33. The number of aliphatic carboxylic acids is 1. The molecule has 0 saturated carbocycles. The van der Waals surface area contributed by atoms with Crippen molar-refractivity contribution in [3.63, 3.8) is 0 Å². The molecule has 1 aromatic carbocycles. The molecular weight excluding hydrogens is 346 g/mol. The number of carbonyl (C=O) groups is 2. The van der Waals surface area contributed by atoms with Gasteiger partial charge in [0.15, 0.2) is 0 Å². The fourth-order valence-corrected chi connectivity index (χ4v) is 3.19. The van der Waals surface area contributed by atoms with Crippen molar-refractivity contribution in [2.75, 3.05) is 39.0 Å². The molecule has 1 amide bonds. The first-order valence-electron chi connectivity index (χ1n) is 8.26. The maximum atomic E-state index is 12.3. The van der Waals surface area contributed by atoms with Gasteiger partial charge in [0.25, 0.3) is 5.91 Å². The van der Waals surface area contributed by atoms with Gasteiger partial charge in [-0.15, -0.1) is 0 Å². The summed E-state index contributed by atoms with van der Waals surface area (Å²) in [5.41, 5.74) is 6.44. The Kier molecular flexibility index (Phi) is 6.90. The summed E-state index contributed by atoms with van der Waals surface area (Å²) in [6, 6.07) is 3.05. The number of nitrogens with one attached hydrogen (secondary N) is 1. The number of nitrogens with zero attached hydrogens (tertiary/aromatic N) is 1. The molecule has 0 aliphatic carbocycles. The molecule has 0 radical (unpaired) electrons. The largest absolute Gasteiger partial charge is 0.496 e. The second-order valence-electron chi connectivity index (χ2n) is 6.23. The predicted octanol–water partition coefficient (Wildman–Crippen LogP) is 1.85. The summed E-state index contributed by atoms with van der Waals surface area (Å²) in [6.45, 7) is 2.22. The number of likely N-dealkylation sites (tertiary alicyclic amines) is 1. The van der Waals surface area contributed by atoms with E-state index in [4.69, 9.17) is 27.2 Å². The molecule has 1 saturated heterocycles. The first-order valence-corrected chi connectivity index (χ1v) is 8.64. The van der Waals surface area contributed by atoms with Gasteiger partial charge in [0.05, 0.1) is 29.9 Å². The minimum atomic E-state index is -0.790. The number of hydrogen-bond donors (Lipinski definition) is 3. The molecular formula is C17H24ClN3O4. The Bertz CT molecular complexity index is 631. The lowest BCUT2D eigenvalue weighted by Crippen LogP contribution is -2.38. The molecule has 0 unspecified atom stereocenters. The van der Waals surface area contributed by atoms with E-state index in [2.05, 4.69) is 5.32 Å². The second-order valence-corrected chi connectivity index (χ2v) is 6.64. The van der Waals surface area contributed by atoms with E-state index in [9.17, 15) is 9.59 Å². The zero-order valence-electron chi connectivity index (χ0n) is 14.3. The maximum absolute atomic E-state index is 12.3. The number of amides is 1. The van der Waals surface area contributed by atoms with Crippen molar-refractivity contribution in [2.45, 2.75) is 19.3 Å². The van der Waals surface area contributed by atoms with Crippen molar-refractivity contribution >= 4 is 29.2 Å². The van der Waals surface area contributed by atoms with Gasteiger partial charge in [-0.3, -0.25) is 14.5 Å². The molecule has 0 atom stereocenters. The Morgan fingerprint density at radius 1 is 1.40 bits per heavy atom. The lowest BCUT2D eigenvalue weighted by Gasteiger charge is -2.30. The van der Waals surface area contributed by atoms with E-state index in [0.29, 0.717) is 34.5 Å². The van der Waals surface area contributed by atoms with Gasteiger partial charge in [-0.25, -0.2) is 0 Å². The van der Waals surface area contributed by atoms with Crippen LogP contribution in [0.5, 0.6) is 5.75 Å². The average molecular weight is 370 g/mol. The highest BCUT2D eigenvalue weighted by Crippen LogP contribution is 2.28. The number of anilines is 1. The quantitative estimate of drug-likeness (QED) is 0.633. The van der Waals surface area contributed by atoms with E-state index >= 15 is 0 Å². The van der Waals surface area contributed by atoms with Gasteiger partial charge in [-0.2, -0.15) is 0 Å². The number of carbonyl (C=O) groups excluding carboxylic acids is 1. The van der Waals surface area contributed by atoms with Crippen LogP contribution in [0.3, 0.4) is 0 Å². The normalized spacial score (nSPS) is 15.8.